The van der Waals surface area contributed by atoms with Crippen LogP contribution >= 0.6 is 0 Å². The smallest absolute Gasteiger partial charge is 0.404 e. The number of halogens is 4. The van der Waals surface area contributed by atoms with E-state index < -0.39 is 17.6 Å². The molecule has 0 bridgehead atoms. The summed E-state index contributed by atoms with van der Waals surface area (Å²) in [6.45, 7) is 1.28. The molecule has 0 radical (unpaired) electrons. The zero-order valence-electron chi connectivity index (χ0n) is 17.3. The maximum absolute atomic E-state index is 13.7. The second-order valence-corrected chi connectivity index (χ2v) is 7.22. The van der Waals surface area contributed by atoms with E-state index in [1.165, 1.54) is 12.4 Å². The lowest BCUT2D eigenvalue weighted by atomic mass is 10.0. The third-order valence-corrected chi connectivity index (χ3v) is 4.93. The highest BCUT2D eigenvalue weighted by Gasteiger charge is 2.31. The Bertz CT molecular complexity index is 1050. The molecule has 1 aliphatic rings. The largest absolute Gasteiger partial charge is 0.416 e. The molecule has 32 heavy (non-hydrogen) atoms. The van der Waals surface area contributed by atoms with Crippen molar-refractivity contribution in [2.24, 2.45) is 10.7 Å². The third-order valence-electron chi connectivity index (χ3n) is 4.93. The molecule has 6 nitrogen and oxygen atoms in total. The molecule has 2 N–H and O–H groups in total. The number of nitrogens with two attached hydrogens (primary N) is 1. The van der Waals surface area contributed by atoms with Gasteiger partial charge in [-0.15, -0.1) is 0 Å². The summed E-state index contributed by atoms with van der Waals surface area (Å²) < 4.78 is 57.6. The first-order valence-electron chi connectivity index (χ1n) is 9.81. The number of carbonyl (C=O) groups excluding carboxylic acids is 1. The standard InChI is InChI=1S/C22H22F4N4O2/c1-32-7-6-30-5-3-19(18(13-27)21(30)31)29-20-11-14(2-4-28-20)8-15-9-16(22(24,25)26)12-17(23)10-15/h2,4,9-13H,3,5-8,27H2,1H3. The van der Waals surface area contributed by atoms with Crippen molar-refractivity contribution in [3.63, 3.8) is 0 Å². The Labute approximate surface area is 182 Å². The second kappa shape index (κ2) is 9.90. The number of aromatic nitrogens is 1. The lowest BCUT2D eigenvalue weighted by Gasteiger charge is -2.29. The van der Waals surface area contributed by atoms with Gasteiger partial charge in [0.2, 0.25) is 0 Å². The van der Waals surface area contributed by atoms with E-state index in [1.54, 1.807) is 24.1 Å². The summed E-state index contributed by atoms with van der Waals surface area (Å²) in [5.41, 5.74) is 6.12. The fraction of sp³-hybridized carbons (Fsp3) is 0.318. The minimum atomic E-state index is -4.64. The maximum Gasteiger partial charge on any atom is 0.416 e. The Morgan fingerprint density at radius 1 is 1.25 bits per heavy atom. The molecule has 0 aliphatic carbocycles. The zero-order chi connectivity index (χ0) is 23.3. The highest BCUT2D eigenvalue weighted by molar-refractivity contribution is 6.23. The summed E-state index contributed by atoms with van der Waals surface area (Å²) in [4.78, 5) is 22.8. The van der Waals surface area contributed by atoms with Crippen LogP contribution in [0.4, 0.5) is 23.4 Å². The van der Waals surface area contributed by atoms with E-state index in [0.29, 0.717) is 43.5 Å². The highest BCUT2D eigenvalue weighted by Crippen LogP contribution is 2.31. The van der Waals surface area contributed by atoms with Gasteiger partial charge in [-0.25, -0.2) is 14.4 Å². The molecule has 1 aliphatic heterocycles. The van der Waals surface area contributed by atoms with Crippen LogP contribution in [0.2, 0.25) is 0 Å². The summed E-state index contributed by atoms with van der Waals surface area (Å²) in [5.74, 6) is -0.937. The van der Waals surface area contributed by atoms with E-state index in [9.17, 15) is 22.4 Å². The lowest BCUT2D eigenvalue weighted by Crippen LogP contribution is -2.43. The maximum atomic E-state index is 13.7. The molecule has 2 aromatic rings. The Hall–Kier alpha value is -3.27. The molecule has 1 fully saturated rings. The Balaban J connectivity index is 1.82. The molecule has 0 atom stereocenters. The Kier molecular flexibility index (Phi) is 7.24. The van der Waals surface area contributed by atoms with Crippen LogP contribution in [0.3, 0.4) is 0 Å². The van der Waals surface area contributed by atoms with Crippen LogP contribution in [0, 0.1) is 5.82 Å². The number of amides is 1. The molecule has 0 unspecified atom stereocenters. The summed E-state index contributed by atoms with van der Waals surface area (Å²) in [6, 6.07) is 5.63. The van der Waals surface area contributed by atoms with Crippen LogP contribution in [0.25, 0.3) is 0 Å². The summed E-state index contributed by atoms with van der Waals surface area (Å²) in [5, 5.41) is 0. The zero-order valence-corrected chi connectivity index (χ0v) is 17.3. The normalized spacial score (nSPS) is 17.4. The fourth-order valence-corrected chi connectivity index (χ4v) is 3.39. The van der Waals surface area contributed by atoms with Gasteiger partial charge in [-0.3, -0.25) is 4.79 Å². The van der Waals surface area contributed by atoms with E-state index in [4.69, 9.17) is 10.5 Å². The number of rotatable bonds is 6. The molecule has 1 saturated heterocycles. The van der Waals surface area contributed by atoms with Crippen molar-refractivity contribution < 1.29 is 27.1 Å². The molecule has 1 aromatic carbocycles. The van der Waals surface area contributed by atoms with Gasteiger partial charge in [-0.05, 0) is 47.9 Å². The van der Waals surface area contributed by atoms with Crippen LogP contribution in [0.15, 0.2) is 53.3 Å². The van der Waals surface area contributed by atoms with Crippen molar-refractivity contribution in [3.8, 4) is 0 Å². The SMILES string of the molecule is COCCN1CCC(=Nc2cc(Cc3cc(F)cc(C(F)(F)F)c3)ccn2)C(=CN)C1=O. The third kappa shape index (κ3) is 5.70. The van der Waals surface area contributed by atoms with Gasteiger partial charge in [0.25, 0.3) is 5.91 Å². The number of aliphatic imine (C=N–C) groups is 1. The Morgan fingerprint density at radius 3 is 2.72 bits per heavy atom. The molecule has 10 heteroatoms. The van der Waals surface area contributed by atoms with Crippen LogP contribution < -0.4 is 5.73 Å². The number of methoxy groups -OCH3 is 1. The number of pyridine rings is 1. The van der Waals surface area contributed by atoms with Crippen LogP contribution in [0.5, 0.6) is 0 Å². The van der Waals surface area contributed by atoms with Crippen molar-refractivity contribution in [1.29, 1.82) is 0 Å². The van der Waals surface area contributed by atoms with E-state index in [0.717, 1.165) is 12.1 Å². The minimum Gasteiger partial charge on any atom is -0.404 e. The first kappa shape index (κ1) is 23.4. The molecule has 0 spiro atoms. The van der Waals surface area contributed by atoms with Crippen LogP contribution in [0.1, 0.15) is 23.1 Å². The lowest BCUT2D eigenvalue weighted by molar-refractivity contribution is -0.137. The van der Waals surface area contributed by atoms with E-state index >= 15 is 0 Å². The quantitative estimate of drug-likeness (QED) is 0.539. The van der Waals surface area contributed by atoms with Gasteiger partial charge in [-0.2, -0.15) is 13.2 Å². The molecule has 0 saturated carbocycles. The number of carbonyl (C=O) groups is 1. The Morgan fingerprint density at radius 2 is 2.03 bits per heavy atom. The average Bonchev–Trinajstić information content (AvgIpc) is 2.73. The highest BCUT2D eigenvalue weighted by atomic mass is 19.4. The van der Waals surface area contributed by atoms with Crippen LogP contribution in [-0.4, -0.2) is 48.3 Å². The van der Waals surface area contributed by atoms with Gasteiger partial charge in [0.1, 0.15) is 5.82 Å². The summed E-state index contributed by atoms with van der Waals surface area (Å²) in [7, 11) is 1.55. The number of ether oxygens (including phenoxy) is 1. The first-order valence-corrected chi connectivity index (χ1v) is 9.81. The van der Waals surface area contributed by atoms with Gasteiger partial charge in [0.15, 0.2) is 5.82 Å². The average molecular weight is 450 g/mol. The molecule has 1 aromatic heterocycles. The monoisotopic (exact) mass is 450 g/mol. The first-order chi connectivity index (χ1) is 15.2. The molecule has 1 amide bonds. The minimum absolute atomic E-state index is 0.0600. The van der Waals surface area contributed by atoms with Crippen LogP contribution in [-0.2, 0) is 22.1 Å². The topological polar surface area (TPSA) is 80.8 Å². The van der Waals surface area contributed by atoms with Crippen molar-refractivity contribution in [2.45, 2.75) is 19.0 Å². The summed E-state index contributed by atoms with van der Waals surface area (Å²) in [6.07, 6.45) is -1.45. The van der Waals surface area contributed by atoms with E-state index in [2.05, 4.69) is 9.98 Å². The van der Waals surface area contributed by atoms with Gasteiger partial charge >= 0.3 is 6.18 Å². The second-order valence-electron chi connectivity index (χ2n) is 7.22. The van der Waals surface area contributed by atoms with Crippen molar-refractivity contribution in [3.05, 3.63) is 70.8 Å². The number of hydrogen-bond acceptors (Lipinski definition) is 5. The molecular formula is C22H22F4N4O2. The van der Waals surface area contributed by atoms with Gasteiger partial charge in [0.05, 0.1) is 23.5 Å². The predicted molar refractivity (Wildman–Crippen MR) is 111 cm³/mol. The van der Waals surface area contributed by atoms with E-state index in [-0.39, 0.29) is 29.3 Å². The molecule has 3 rings (SSSR count). The number of alkyl halides is 3. The van der Waals surface area contributed by atoms with Gasteiger partial charge in [0, 0.05) is 39.0 Å². The summed E-state index contributed by atoms with van der Waals surface area (Å²) >= 11 is 0. The number of hydrogen-bond donors (Lipinski definition) is 1. The van der Waals surface area contributed by atoms with Crippen molar-refractivity contribution in [1.82, 2.24) is 9.88 Å². The molecule has 170 valence electrons. The molecular weight excluding hydrogens is 428 g/mol. The number of nitrogens with zero attached hydrogens (tertiary/aromatic N) is 3. The van der Waals surface area contributed by atoms with Crippen molar-refractivity contribution >= 4 is 17.4 Å². The van der Waals surface area contributed by atoms with Gasteiger partial charge < -0.3 is 15.4 Å². The predicted octanol–water partition coefficient (Wildman–Crippen LogP) is 3.62. The molecule has 2 heterocycles. The number of likely N-dealkylation sites (tertiary alicyclic amines) is 1. The fourth-order valence-electron chi connectivity index (χ4n) is 3.39. The van der Waals surface area contributed by atoms with Gasteiger partial charge in [-0.1, -0.05) is 0 Å². The number of piperidine rings is 1. The van der Waals surface area contributed by atoms with E-state index in [1.807, 2.05) is 0 Å². The number of benzene rings is 1. The van der Waals surface area contributed by atoms with Crippen molar-refractivity contribution in [2.75, 3.05) is 26.8 Å².